The van der Waals surface area contributed by atoms with Crippen molar-refractivity contribution in [3.8, 4) is 28.3 Å². The highest BCUT2D eigenvalue weighted by Crippen LogP contribution is 2.28. The summed E-state index contributed by atoms with van der Waals surface area (Å²) in [6.07, 6.45) is -1.43. The molecule has 2 amide bonds. The molecule has 44 heavy (non-hydrogen) atoms. The number of pyridine rings is 1. The molecule has 1 aromatic carbocycles. The number of hydrogen-bond acceptors (Lipinski definition) is 7. The van der Waals surface area contributed by atoms with E-state index in [0.717, 1.165) is 73.2 Å². The van der Waals surface area contributed by atoms with Crippen LogP contribution in [0.3, 0.4) is 0 Å². The molecule has 0 unspecified atom stereocenters. The zero-order chi connectivity index (χ0) is 31.5. The maximum absolute atomic E-state index is 12.1. The van der Waals surface area contributed by atoms with Gasteiger partial charge in [-0.2, -0.15) is 13.2 Å². The highest BCUT2D eigenvalue weighted by Gasteiger charge is 2.38. The number of nitrogens with zero attached hydrogens (tertiary/aromatic N) is 2. The third kappa shape index (κ3) is 9.54. The Hall–Kier alpha value is -4.43. The predicted molar refractivity (Wildman–Crippen MR) is 154 cm³/mol. The van der Waals surface area contributed by atoms with Gasteiger partial charge >= 0.3 is 12.1 Å². The van der Waals surface area contributed by atoms with E-state index in [-0.39, 0.29) is 11.8 Å². The van der Waals surface area contributed by atoms with Gasteiger partial charge in [0.25, 0.3) is 5.91 Å². The van der Waals surface area contributed by atoms with Gasteiger partial charge in [-0.15, -0.1) is 0 Å². The molecule has 14 heteroatoms. The van der Waals surface area contributed by atoms with E-state index in [1.807, 2.05) is 42.5 Å². The maximum atomic E-state index is 12.1. The monoisotopic (exact) mass is 617 g/mol. The third-order valence-electron chi connectivity index (χ3n) is 6.92. The fraction of sp³-hybridized carbons (Fsp3) is 0.400. The number of alkyl halides is 3. The number of carbonyl (C=O) groups excluding carboxylic acids is 2. The van der Waals surface area contributed by atoms with E-state index in [2.05, 4.69) is 25.5 Å². The molecule has 4 heterocycles. The van der Waals surface area contributed by atoms with Crippen LogP contribution in [0.1, 0.15) is 28.9 Å². The zero-order valence-corrected chi connectivity index (χ0v) is 23.9. The fourth-order valence-corrected chi connectivity index (χ4v) is 4.64. The molecule has 1 saturated heterocycles. The molecule has 5 rings (SSSR count). The number of aliphatic carboxylic acids is 1. The van der Waals surface area contributed by atoms with Gasteiger partial charge in [-0.3, -0.25) is 19.5 Å². The van der Waals surface area contributed by atoms with E-state index in [1.54, 1.807) is 6.20 Å². The second kappa shape index (κ2) is 15.3. The number of rotatable bonds is 10. The minimum absolute atomic E-state index is 0.0339. The van der Waals surface area contributed by atoms with Crippen LogP contribution >= 0.6 is 0 Å². The number of H-pyrrole nitrogens is 1. The van der Waals surface area contributed by atoms with Crippen LogP contribution in [0.4, 0.5) is 13.2 Å². The molecule has 3 aromatic rings. The van der Waals surface area contributed by atoms with Crippen LogP contribution in [-0.2, 0) is 20.7 Å². The SMILES string of the molecule is O=C(CCCOc1cccc(-c2cc(-c3cc4c([nH]3)CCNC4=O)ccn2)c1)NCCN1CCOCC1.O=C(O)C(F)(F)F. The highest BCUT2D eigenvalue weighted by atomic mass is 19.4. The molecular weight excluding hydrogens is 583 g/mol. The van der Waals surface area contributed by atoms with Crippen molar-refractivity contribution in [3.63, 3.8) is 0 Å². The lowest BCUT2D eigenvalue weighted by Gasteiger charge is -2.26. The lowest BCUT2D eigenvalue weighted by molar-refractivity contribution is -0.192. The number of morpholine rings is 1. The van der Waals surface area contributed by atoms with Gasteiger partial charge in [0.15, 0.2) is 0 Å². The lowest BCUT2D eigenvalue weighted by Crippen LogP contribution is -2.41. The van der Waals surface area contributed by atoms with E-state index >= 15 is 0 Å². The van der Waals surface area contributed by atoms with Gasteiger partial charge in [0.1, 0.15) is 5.75 Å². The number of carboxylic acid groups (broad SMARTS) is 1. The molecule has 0 atom stereocenters. The number of hydrogen-bond donors (Lipinski definition) is 4. The third-order valence-corrected chi connectivity index (χ3v) is 6.92. The van der Waals surface area contributed by atoms with Crippen LogP contribution in [0.2, 0.25) is 0 Å². The van der Waals surface area contributed by atoms with Crippen molar-refractivity contribution in [2.75, 3.05) is 52.5 Å². The van der Waals surface area contributed by atoms with Crippen molar-refractivity contribution in [1.29, 1.82) is 0 Å². The molecule has 2 aromatic heterocycles. The normalized spacial score (nSPS) is 14.9. The van der Waals surface area contributed by atoms with E-state index in [0.29, 0.717) is 38.1 Å². The summed E-state index contributed by atoms with van der Waals surface area (Å²) in [6.45, 7) is 6.01. The topological polar surface area (TPSA) is 146 Å². The molecule has 236 valence electrons. The minimum atomic E-state index is -5.08. The molecule has 2 aliphatic rings. The van der Waals surface area contributed by atoms with Gasteiger partial charge in [0.2, 0.25) is 5.91 Å². The minimum Gasteiger partial charge on any atom is -0.494 e. The van der Waals surface area contributed by atoms with Gasteiger partial charge in [-0.25, -0.2) is 4.79 Å². The second-order valence-corrected chi connectivity index (χ2v) is 10.1. The molecule has 0 bridgehead atoms. The number of halogens is 3. The molecule has 0 saturated carbocycles. The molecule has 0 radical (unpaired) electrons. The van der Waals surface area contributed by atoms with E-state index in [1.165, 1.54) is 0 Å². The van der Waals surface area contributed by atoms with Gasteiger partial charge in [-0.1, -0.05) is 12.1 Å². The molecular formula is C30H34F3N5O6. The molecule has 4 N–H and O–H groups in total. The van der Waals surface area contributed by atoms with Crippen molar-refractivity contribution >= 4 is 17.8 Å². The number of ether oxygens (including phenoxy) is 2. The number of carbonyl (C=O) groups is 3. The Morgan fingerprint density at radius 1 is 1.11 bits per heavy atom. The summed E-state index contributed by atoms with van der Waals surface area (Å²) >= 11 is 0. The van der Waals surface area contributed by atoms with E-state index in [9.17, 15) is 22.8 Å². The molecule has 11 nitrogen and oxygen atoms in total. The van der Waals surface area contributed by atoms with Crippen molar-refractivity contribution in [2.45, 2.75) is 25.4 Å². The Kier molecular flexibility index (Phi) is 11.3. The molecule has 1 fully saturated rings. The lowest BCUT2D eigenvalue weighted by atomic mass is 10.1. The summed E-state index contributed by atoms with van der Waals surface area (Å²) in [4.78, 5) is 43.4. The van der Waals surface area contributed by atoms with Gasteiger partial charge < -0.3 is 30.2 Å². The fourth-order valence-electron chi connectivity index (χ4n) is 4.64. The van der Waals surface area contributed by atoms with Crippen LogP contribution in [0.25, 0.3) is 22.5 Å². The first-order chi connectivity index (χ1) is 21.1. The Balaban J connectivity index is 0.000000566. The quantitative estimate of drug-likeness (QED) is 0.254. The summed E-state index contributed by atoms with van der Waals surface area (Å²) in [5.41, 5.74) is 5.31. The number of carboxylic acids is 1. The van der Waals surface area contributed by atoms with Gasteiger partial charge in [0, 0.05) is 74.3 Å². The molecule has 0 aliphatic carbocycles. The first-order valence-electron chi connectivity index (χ1n) is 14.2. The van der Waals surface area contributed by atoms with Crippen molar-refractivity contribution < 1.29 is 42.1 Å². The smallest absolute Gasteiger partial charge is 0.490 e. The first-order valence-corrected chi connectivity index (χ1v) is 14.2. The maximum Gasteiger partial charge on any atom is 0.490 e. The van der Waals surface area contributed by atoms with Crippen LogP contribution in [0.15, 0.2) is 48.7 Å². The van der Waals surface area contributed by atoms with Crippen LogP contribution in [-0.4, -0.2) is 96.5 Å². The summed E-state index contributed by atoms with van der Waals surface area (Å²) in [7, 11) is 0. The number of amides is 2. The predicted octanol–water partition coefficient (Wildman–Crippen LogP) is 3.27. The Morgan fingerprint density at radius 2 is 1.89 bits per heavy atom. The second-order valence-electron chi connectivity index (χ2n) is 10.1. The first kappa shape index (κ1) is 32.5. The zero-order valence-electron chi connectivity index (χ0n) is 23.9. The number of fused-ring (bicyclic) bond motifs is 1. The molecule has 0 spiro atoms. The van der Waals surface area contributed by atoms with Crippen LogP contribution in [0, 0.1) is 0 Å². The van der Waals surface area contributed by atoms with Crippen molar-refractivity contribution in [1.82, 2.24) is 25.5 Å². The highest BCUT2D eigenvalue weighted by molar-refractivity contribution is 5.97. The Labute approximate surface area is 251 Å². The van der Waals surface area contributed by atoms with Gasteiger partial charge in [0.05, 0.1) is 31.1 Å². The number of nitrogens with one attached hydrogen (secondary N) is 3. The largest absolute Gasteiger partial charge is 0.494 e. The number of aromatic nitrogens is 2. The average Bonchev–Trinajstić information content (AvgIpc) is 3.46. The average molecular weight is 618 g/mol. The summed E-state index contributed by atoms with van der Waals surface area (Å²) < 4.78 is 43.0. The summed E-state index contributed by atoms with van der Waals surface area (Å²) in [6, 6.07) is 13.7. The standard InChI is InChI=1S/C28H33N5O4.C2HF3O2/c34-27(30-10-11-33-12-15-36-16-13-33)5-2-14-37-22-4-1-3-20(17-22)25-18-21(6-8-29-25)26-19-23-24(32-26)7-9-31-28(23)35;3-2(4,5)1(6)7/h1,3-4,6,8,17-19,32H,2,5,7,9-16H2,(H,30,34)(H,31,35);(H,6,7). The van der Waals surface area contributed by atoms with E-state index < -0.39 is 12.1 Å². The summed E-state index contributed by atoms with van der Waals surface area (Å²) in [5.74, 6) is -2.00. The van der Waals surface area contributed by atoms with Gasteiger partial charge in [-0.05, 0) is 36.8 Å². The van der Waals surface area contributed by atoms with Crippen molar-refractivity contribution in [2.24, 2.45) is 0 Å². The van der Waals surface area contributed by atoms with E-state index in [4.69, 9.17) is 19.4 Å². The summed E-state index contributed by atoms with van der Waals surface area (Å²) in [5, 5.41) is 13.0. The van der Waals surface area contributed by atoms with Crippen LogP contribution in [0.5, 0.6) is 5.75 Å². The Bertz CT molecular complexity index is 1440. The van der Waals surface area contributed by atoms with Crippen molar-refractivity contribution in [3.05, 3.63) is 59.9 Å². The molecule has 2 aliphatic heterocycles. The number of benzene rings is 1. The number of aromatic amines is 1. The van der Waals surface area contributed by atoms with Crippen LogP contribution < -0.4 is 15.4 Å². The Morgan fingerprint density at radius 3 is 2.61 bits per heavy atom.